The fourth-order valence-corrected chi connectivity index (χ4v) is 5.27. The van der Waals surface area contributed by atoms with Crippen LogP contribution in [0.5, 0.6) is 0 Å². The number of fused-ring (bicyclic) bond motifs is 3. The lowest BCUT2D eigenvalue weighted by Gasteiger charge is -2.14. The summed E-state index contributed by atoms with van der Waals surface area (Å²) in [5.74, 6) is 1.16. The topological polar surface area (TPSA) is 70.7 Å². The molecule has 0 spiro atoms. The molecular weight excluding hydrogens is 380 g/mol. The quantitative estimate of drug-likeness (QED) is 0.626. The van der Waals surface area contributed by atoms with Gasteiger partial charge in [0, 0.05) is 10.6 Å². The molecule has 1 aliphatic carbocycles. The first kappa shape index (κ1) is 19.7. The van der Waals surface area contributed by atoms with E-state index in [0.29, 0.717) is 18.3 Å². The molecule has 1 aliphatic rings. The predicted molar refractivity (Wildman–Crippen MR) is 119 cm³/mol. The maximum Gasteiger partial charge on any atom is 0.263 e. The first-order valence-corrected chi connectivity index (χ1v) is 11.2. The molecule has 5 nitrogen and oxygen atoms in total. The van der Waals surface area contributed by atoms with Crippen molar-refractivity contribution in [2.45, 2.75) is 65.0 Å². The van der Waals surface area contributed by atoms with Crippen LogP contribution < -0.4 is 10.9 Å². The Morgan fingerprint density at radius 1 is 1.28 bits per heavy atom. The Morgan fingerprint density at radius 2 is 2.03 bits per heavy atom. The van der Waals surface area contributed by atoms with Crippen molar-refractivity contribution in [1.82, 2.24) is 9.55 Å². The molecule has 3 aromatic rings. The number of nitrogens with zero attached hydrogens (tertiary/aromatic N) is 3. The molecule has 1 N–H and O–H groups in total. The highest BCUT2D eigenvalue weighted by Gasteiger charge is 2.22. The third-order valence-electron chi connectivity index (χ3n) is 5.93. The van der Waals surface area contributed by atoms with Gasteiger partial charge in [0.25, 0.3) is 5.56 Å². The molecule has 0 amide bonds. The third-order valence-corrected chi connectivity index (χ3v) is 7.11. The number of hydrogen-bond acceptors (Lipinski definition) is 5. The van der Waals surface area contributed by atoms with Crippen LogP contribution in [0.2, 0.25) is 0 Å². The van der Waals surface area contributed by atoms with E-state index in [4.69, 9.17) is 4.98 Å². The van der Waals surface area contributed by atoms with Crippen molar-refractivity contribution in [1.29, 1.82) is 5.26 Å². The summed E-state index contributed by atoms with van der Waals surface area (Å²) in [6.07, 6.45) is 5.38. The van der Waals surface area contributed by atoms with Gasteiger partial charge in [-0.3, -0.25) is 9.36 Å². The number of aryl methyl sites for hydroxylation is 2. The van der Waals surface area contributed by atoms with Crippen LogP contribution in [0.3, 0.4) is 0 Å². The zero-order valence-corrected chi connectivity index (χ0v) is 17.8. The van der Waals surface area contributed by atoms with E-state index in [0.717, 1.165) is 41.6 Å². The second-order valence-electron chi connectivity index (χ2n) is 7.75. The Bertz CT molecular complexity index is 1120. The van der Waals surface area contributed by atoms with E-state index in [1.807, 2.05) is 0 Å². The minimum absolute atomic E-state index is 0.0242. The van der Waals surface area contributed by atoms with Crippen LogP contribution in [0.25, 0.3) is 10.2 Å². The van der Waals surface area contributed by atoms with E-state index in [2.05, 4.69) is 49.5 Å². The van der Waals surface area contributed by atoms with Gasteiger partial charge in [-0.05, 0) is 61.3 Å². The molecule has 0 radical (unpaired) electrons. The van der Waals surface area contributed by atoms with E-state index < -0.39 is 0 Å². The number of hydrogen-bond donors (Lipinski definition) is 1. The van der Waals surface area contributed by atoms with Crippen molar-refractivity contribution < 1.29 is 0 Å². The molecule has 2 heterocycles. The average Bonchev–Trinajstić information content (AvgIpc) is 3.13. The molecule has 0 fully saturated rings. The van der Waals surface area contributed by atoms with Crippen molar-refractivity contribution in [2.75, 3.05) is 5.32 Å². The monoisotopic (exact) mass is 406 g/mol. The SMILES string of the molecule is CC[C@H](C)c1ccc(NCc2nc3sc4c(c3c(=O)n2CC#N)CCCC4)cc1. The molecule has 0 saturated carbocycles. The molecule has 1 aromatic carbocycles. The largest absolute Gasteiger partial charge is 0.378 e. The van der Waals surface area contributed by atoms with Gasteiger partial charge in [0.15, 0.2) is 0 Å². The fourth-order valence-electron chi connectivity index (χ4n) is 4.00. The number of aromatic nitrogens is 2. The Morgan fingerprint density at radius 3 is 2.76 bits per heavy atom. The van der Waals surface area contributed by atoms with Crippen LogP contribution in [0, 0.1) is 11.3 Å². The van der Waals surface area contributed by atoms with Crippen LogP contribution >= 0.6 is 11.3 Å². The van der Waals surface area contributed by atoms with Crippen LogP contribution in [-0.2, 0) is 25.9 Å². The Kier molecular flexibility index (Phi) is 5.68. The molecule has 0 bridgehead atoms. The summed E-state index contributed by atoms with van der Waals surface area (Å²) in [5, 5.41) is 13.4. The zero-order chi connectivity index (χ0) is 20.4. The van der Waals surface area contributed by atoms with E-state index in [9.17, 15) is 10.1 Å². The van der Waals surface area contributed by atoms with Gasteiger partial charge in [-0.15, -0.1) is 11.3 Å². The Hall–Kier alpha value is -2.65. The summed E-state index contributed by atoms with van der Waals surface area (Å²) < 4.78 is 1.53. The normalized spacial score (nSPS) is 14.4. The van der Waals surface area contributed by atoms with Crippen molar-refractivity contribution in [3.8, 4) is 6.07 Å². The highest BCUT2D eigenvalue weighted by Crippen LogP contribution is 2.33. The van der Waals surface area contributed by atoms with Gasteiger partial charge in [0.05, 0.1) is 18.0 Å². The third kappa shape index (κ3) is 3.79. The molecule has 2 aromatic heterocycles. The van der Waals surface area contributed by atoms with Gasteiger partial charge in [-0.2, -0.15) is 5.26 Å². The van der Waals surface area contributed by atoms with Crippen LogP contribution in [0.1, 0.15) is 60.9 Å². The molecular formula is C23H26N4OS. The average molecular weight is 407 g/mol. The maximum absolute atomic E-state index is 13.2. The molecule has 4 rings (SSSR count). The van der Waals surface area contributed by atoms with Crippen LogP contribution in [0.15, 0.2) is 29.1 Å². The summed E-state index contributed by atoms with van der Waals surface area (Å²) in [4.78, 5) is 20.1. The molecule has 0 unspecified atom stereocenters. The lowest BCUT2D eigenvalue weighted by Crippen LogP contribution is -2.26. The molecule has 1 atom stereocenters. The molecule has 0 saturated heterocycles. The summed E-state index contributed by atoms with van der Waals surface area (Å²) >= 11 is 1.65. The van der Waals surface area contributed by atoms with Gasteiger partial charge in [0.1, 0.15) is 17.2 Å². The van der Waals surface area contributed by atoms with Gasteiger partial charge in [-0.25, -0.2) is 4.98 Å². The highest BCUT2D eigenvalue weighted by molar-refractivity contribution is 7.18. The minimum atomic E-state index is -0.0696. The van der Waals surface area contributed by atoms with E-state index in [1.54, 1.807) is 11.3 Å². The van der Waals surface area contributed by atoms with Gasteiger partial charge >= 0.3 is 0 Å². The van der Waals surface area contributed by atoms with Crippen molar-refractivity contribution in [2.24, 2.45) is 0 Å². The molecule has 6 heteroatoms. The van der Waals surface area contributed by atoms with Gasteiger partial charge in [-0.1, -0.05) is 26.0 Å². The Labute approximate surface area is 175 Å². The summed E-state index contributed by atoms with van der Waals surface area (Å²) in [6.45, 7) is 4.85. The summed E-state index contributed by atoms with van der Waals surface area (Å²) in [6, 6.07) is 10.5. The lowest BCUT2D eigenvalue weighted by atomic mass is 9.97. The van der Waals surface area contributed by atoms with Crippen molar-refractivity contribution in [3.63, 3.8) is 0 Å². The smallest absolute Gasteiger partial charge is 0.263 e. The molecule has 29 heavy (non-hydrogen) atoms. The number of thiophene rings is 1. The number of benzene rings is 1. The first-order chi connectivity index (χ1) is 14.1. The molecule has 0 aliphatic heterocycles. The zero-order valence-electron chi connectivity index (χ0n) is 17.0. The number of nitriles is 1. The lowest BCUT2D eigenvalue weighted by molar-refractivity contribution is 0.692. The first-order valence-electron chi connectivity index (χ1n) is 10.4. The fraction of sp³-hybridized carbons (Fsp3) is 0.435. The standard InChI is InChI=1S/C23H26N4OS/c1-3-15(2)16-8-10-17(11-9-16)25-14-20-26-22-21(23(28)27(20)13-12-24)18-6-4-5-7-19(18)29-22/h8-11,15,25H,3-7,13-14H2,1-2H3/t15-/m0/s1. The van der Waals surface area contributed by atoms with Crippen LogP contribution in [-0.4, -0.2) is 9.55 Å². The number of anilines is 1. The second-order valence-corrected chi connectivity index (χ2v) is 8.84. The molecule has 150 valence electrons. The van der Waals surface area contributed by atoms with Gasteiger partial charge in [0.2, 0.25) is 0 Å². The van der Waals surface area contributed by atoms with Crippen LogP contribution in [0.4, 0.5) is 5.69 Å². The predicted octanol–water partition coefficient (Wildman–Crippen LogP) is 4.99. The van der Waals surface area contributed by atoms with E-state index >= 15 is 0 Å². The highest BCUT2D eigenvalue weighted by atomic mass is 32.1. The number of nitrogens with one attached hydrogen (secondary N) is 1. The Balaban J connectivity index is 1.65. The summed E-state index contributed by atoms with van der Waals surface area (Å²) in [5.41, 5.74) is 3.41. The van der Waals surface area contributed by atoms with Crippen molar-refractivity contribution >= 4 is 27.2 Å². The van der Waals surface area contributed by atoms with Gasteiger partial charge < -0.3 is 5.32 Å². The summed E-state index contributed by atoms with van der Waals surface area (Å²) in [7, 11) is 0. The second kappa shape index (κ2) is 8.38. The minimum Gasteiger partial charge on any atom is -0.378 e. The van der Waals surface area contributed by atoms with E-state index in [-0.39, 0.29) is 12.1 Å². The van der Waals surface area contributed by atoms with Crippen molar-refractivity contribution in [3.05, 3.63) is 56.4 Å². The number of rotatable bonds is 6. The maximum atomic E-state index is 13.2. The van der Waals surface area contributed by atoms with E-state index in [1.165, 1.54) is 27.0 Å².